The molecule has 1 aromatic rings. The first-order valence-electron chi connectivity index (χ1n) is 9.65. The maximum Gasteiger partial charge on any atom is 0.307 e. The van der Waals surface area contributed by atoms with Crippen molar-refractivity contribution in [3.63, 3.8) is 0 Å². The number of carbonyl (C=O) groups is 1. The van der Waals surface area contributed by atoms with Crippen molar-refractivity contribution >= 4 is 5.97 Å². The molecule has 3 rings (SSSR count). The number of fused-ring (bicyclic) bond motifs is 1. The number of rotatable bonds is 5. The number of carbonyl (C=O) groups excluding carboxylic acids is 1. The Balaban J connectivity index is 1.92. The molecule has 5 atom stereocenters. The van der Waals surface area contributed by atoms with Gasteiger partial charge in [0.05, 0.1) is 26.2 Å². The van der Waals surface area contributed by atoms with Crippen molar-refractivity contribution in [3.8, 4) is 0 Å². The molecule has 138 valence electrons. The Morgan fingerprint density at radius 3 is 2.68 bits per heavy atom. The third-order valence-electron chi connectivity index (χ3n) is 6.37. The smallest absolute Gasteiger partial charge is 0.307 e. The monoisotopic (exact) mass is 345 g/mol. The van der Waals surface area contributed by atoms with E-state index in [0.29, 0.717) is 18.4 Å². The molecule has 0 spiro atoms. The highest BCUT2D eigenvalue weighted by atomic mass is 16.5. The Morgan fingerprint density at radius 1 is 1.24 bits per heavy atom. The summed E-state index contributed by atoms with van der Waals surface area (Å²) in [5.41, 5.74) is 1.14. The first-order valence-corrected chi connectivity index (χ1v) is 9.65. The number of nitrogens with zero attached hydrogens (tertiary/aromatic N) is 1. The summed E-state index contributed by atoms with van der Waals surface area (Å²) in [6, 6.07) is 10.8. The number of methoxy groups -OCH3 is 1. The quantitative estimate of drug-likeness (QED) is 0.829. The first-order chi connectivity index (χ1) is 12.2. The van der Waals surface area contributed by atoms with E-state index in [-0.39, 0.29) is 24.7 Å². The van der Waals surface area contributed by atoms with E-state index in [0.717, 1.165) is 24.3 Å². The minimum Gasteiger partial charge on any atom is -0.469 e. The maximum atomic E-state index is 12.0. The SMILES string of the molecule is COC(=O)C[C@H]1CC[C@H]2[C@H](C)CCC[C@H]2N1[C@@H](CO)c1ccccc1. The van der Waals surface area contributed by atoms with Gasteiger partial charge in [-0.25, -0.2) is 0 Å². The molecule has 1 aliphatic carbocycles. The number of hydrogen-bond acceptors (Lipinski definition) is 4. The van der Waals surface area contributed by atoms with E-state index in [1.165, 1.54) is 26.4 Å². The van der Waals surface area contributed by atoms with Gasteiger partial charge in [0.25, 0.3) is 0 Å². The molecule has 4 heteroatoms. The fraction of sp³-hybridized carbons (Fsp3) is 0.667. The van der Waals surface area contributed by atoms with Crippen molar-refractivity contribution in [3.05, 3.63) is 35.9 Å². The number of aliphatic hydroxyl groups is 1. The standard InChI is InChI=1S/C21H31NO3/c1-15-7-6-10-19-18(15)12-11-17(13-21(24)25-2)22(19)20(14-23)16-8-4-3-5-9-16/h3-5,8-9,15,17-20,23H,6-7,10-14H2,1-2H3/t15-,17-,18+,19-,20+/m1/s1. The van der Waals surface area contributed by atoms with Crippen LogP contribution in [-0.2, 0) is 9.53 Å². The summed E-state index contributed by atoms with van der Waals surface area (Å²) in [6.07, 6.45) is 6.29. The predicted molar refractivity (Wildman–Crippen MR) is 98.1 cm³/mol. The molecule has 1 saturated carbocycles. The molecule has 0 unspecified atom stereocenters. The number of hydrogen-bond donors (Lipinski definition) is 1. The van der Waals surface area contributed by atoms with Crippen molar-refractivity contribution < 1.29 is 14.6 Å². The number of aliphatic hydroxyl groups excluding tert-OH is 1. The number of piperidine rings is 1. The van der Waals surface area contributed by atoms with Crippen LogP contribution in [0.15, 0.2) is 30.3 Å². The average molecular weight is 345 g/mol. The van der Waals surface area contributed by atoms with Crippen LogP contribution in [0.3, 0.4) is 0 Å². The summed E-state index contributed by atoms with van der Waals surface area (Å²) < 4.78 is 4.95. The lowest BCUT2D eigenvalue weighted by Crippen LogP contribution is -2.56. The minimum absolute atomic E-state index is 0.0473. The van der Waals surface area contributed by atoms with E-state index in [1.54, 1.807) is 0 Å². The lowest BCUT2D eigenvalue weighted by Gasteiger charge is -2.53. The molecular formula is C21H31NO3. The first kappa shape index (κ1) is 18.4. The zero-order valence-electron chi connectivity index (χ0n) is 15.4. The van der Waals surface area contributed by atoms with E-state index in [4.69, 9.17) is 4.74 Å². The number of benzene rings is 1. The molecule has 25 heavy (non-hydrogen) atoms. The van der Waals surface area contributed by atoms with Gasteiger partial charge in [-0.15, -0.1) is 0 Å². The van der Waals surface area contributed by atoms with E-state index in [2.05, 4.69) is 24.0 Å². The van der Waals surface area contributed by atoms with Gasteiger partial charge in [-0.05, 0) is 36.7 Å². The molecule has 2 fully saturated rings. The molecule has 0 bridgehead atoms. The second kappa shape index (κ2) is 8.33. The Morgan fingerprint density at radius 2 is 2.00 bits per heavy atom. The molecule has 1 N–H and O–H groups in total. The maximum absolute atomic E-state index is 12.0. The van der Waals surface area contributed by atoms with Gasteiger partial charge in [-0.3, -0.25) is 9.69 Å². The van der Waals surface area contributed by atoms with Crippen LogP contribution in [0, 0.1) is 11.8 Å². The summed E-state index contributed by atoms with van der Waals surface area (Å²) in [5.74, 6) is 1.23. The summed E-state index contributed by atoms with van der Waals surface area (Å²) in [4.78, 5) is 14.5. The summed E-state index contributed by atoms with van der Waals surface area (Å²) in [5, 5.41) is 10.2. The van der Waals surface area contributed by atoms with Crippen LogP contribution >= 0.6 is 0 Å². The zero-order valence-corrected chi connectivity index (χ0v) is 15.4. The van der Waals surface area contributed by atoms with Gasteiger partial charge in [0.2, 0.25) is 0 Å². The molecule has 1 heterocycles. The predicted octanol–water partition coefficient (Wildman–Crippen LogP) is 3.55. The van der Waals surface area contributed by atoms with E-state index < -0.39 is 0 Å². The second-order valence-corrected chi connectivity index (χ2v) is 7.71. The highest BCUT2D eigenvalue weighted by Gasteiger charge is 2.44. The molecule has 1 saturated heterocycles. The van der Waals surface area contributed by atoms with Crippen LogP contribution < -0.4 is 0 Å². The van der Waals surface area contributed by atoms with Crippen LogP contribution in [0.4, 0.5) is 0 Å². The molecule has 1 aliphatic heterocycles. The topological polar surface area (TPSA) is 49.8 Å². The average Bonchev–Trinajstić information content (AvgIpc) is 2.64. The molecule has 2 aliphatic rings. The van der Waals surface area contributed by atoms with Crippen LogP contribution in [0.2, 0.25) is 0 Å². The zero-order chi connectivity index (χ0) is 17.8. The van der Waals surface area contributed by atoms with Gasteiger partial charge < -0.3 is 9.84 Å². The molecule has 1 aromatic carbocycles. The largest absolute Gasteiger partial charge is 0.469 e. The van der Waals surface area contributed by atoms with E-state index >= 15 is 0 Å². The molecule has 0 aromatic heterocycles. The lowest BCUT2D eigenvalue weighted by atomic mass is 9.69. The summed E-state index contributed by atoms with van der Waals surface area (Å²) in [6.45, 7) is 2.45. The summed E-state index contributed by atoms with van der Waals surface area (Å²) in [7, 11) is 1.46. The molecule has 0 amide bonds. The van der Waals surface area contributed by atoms with Crippen LogP contribution in [0.5, 0.6) is 0 Å². The fourth-order valence-corrected chi connectivity index (χ4v) is 5.12. The normalized spacial score (nSPS) is 31.2. The van der Waals surface area contributed by atoms with Gasteiger partial charge in [-0.1, -0.05) is 50.1 Å². The molecular weight excluding hydrogens is 314 g/mol. The Labute approximate surface area is 151 Å². The Kier molecular flexibility index (Phi) is 6.13. The fourth-order valence-electron chi connectivity index (χ4n) is 5.12. The molecule has 0 radical (unpaired) electrons. The van der Waals surface area contributed by atoms with Gasteiger partial charge >= 0.3 is 5.97 Å². The van der Waals surface area contributed by atoms with Crippen molar-refractivity contribution in [2.75, 3.05) is 13.7 Å². The van der Waals surface area contributed by atoms with E-state index in [1.807, 2.05) is 18.2 Å². The van der Waals surface area contributed by atoms with Crippen LogP contribution in [0.25, 0.3) is 0 Å². The van der Waals surface area contributed by atoms with Crippen molar-refractivity contribution in [1.29, 1.82) is 0 Å². The van der Waals surface area contributed by atoms with Gasteiger partial charge in [0.1, 0.15) is 0 Å². The highest BCUT2D eigenvalue weighted by molar-refractivity contribution is 5.70. The second-order valence-electron chi connectivity index (χ2n) is 7.71. The third kappa shape index (κ3) is 3.90. The molecule has 4 nitrogen and oxygen atoms in total. The summed E-state index contributed by atoms with van der Waals surface area (Å²) >= 11 is 0. The minimum atomic E-state index is -0.151. The van der Waals surface area contributed by atoms with Gasteiger partial charge in [0, 0.05) is 12.1 Å². The van der Waals surface area contributed by atoms with E-state index in [9.17, 15) is 9.90 Å². The third-order valence-corrected chi connectivity index (χ3v) is 6.37. The Hall–Kier alpha value is -1.39. The van der Waals surface area contributed by atoms with Gasteiger partial charge in [-0.2, -0.15) is 0 Å². The van der Waals surface area contributed by atoms with Crippen molar-refractivity contribution in [1.82, 2.24) is 4.90 Å². The Bertz CT molecular complexity index is 562. The highest BCUT2D eigenvalue weighted by Crippen LogP contribution is 2.45. The van der Waals surface area contributed by atoms with Crippen LogP contribution in [-0.4, -0.2) is 41.8 Å². The number of likely N-dealkylation sites (tertiary alicyclic amines) is 1. The van der Waals surface area contributed by atoms with Crippen LogP contribution in [0.1, 0.15) is 57.1 Å². The van der Waals surface area contributed by atoms with Crippen molar-refractivity contribution in [2.24, 2.45) is 11.8 Å². The van der Waals surface area contributed by atoms with Crippen molar-refractivity contribution in [2.45, 2.75) is 63.6 Å². The number of esters is 1. The lowest BCUT2D eigenvalue weighted by molar-refractivity contribution is -0.144. The number of ether oxygens (including phenoxy) is 1. The van der Waals surface area contributed by atoms with Gasteiger partial charge in [0.15, 0.2) is 0 Å².